The lowest BCUT2D eigenvalue weighted by atomic mass is 10.00. The molecule has 2 saturated heterocycles. The van der Waals surface area contributed by atoms with Gasteiger partial charge in [-0.15, -0.1) is 0 Å². The van der Waals surface area contributed by atoms with Crippen molar-refractivity contribution in [3.05, 3.63) is 46.2 Å². The topological polar surface area (TPSA) is 59.8 Å². The smallest absolute Gasteiger partial charge is 0.413 e. The summed E-state index contributed by atoms with van der Waals surface area (Å²) in [6, 6.07) is 8.69. The van der Waals surface area contributed by atoms with Crippen LogP contribution in [0.25, 0.3) is 0 Å². The number of alkyl halides is 3. The van der Waals surface area contributed by atoms with Crippen molar-refractivity contribution in [1.82, 2.24) is 9.55 Å². The number of fused-ring (bicyclic) bond motifs is 3. The fourth-order valence-electron chi connectivity index (χ4n) is 4.90. The molecule has 7 nitrogen and oxygen atoms in total. The van der Waals surface area contributed by atoms with Gasteiger partial charge in [0.25, 0.3) is 5.56 Å². The number of benzene rings is 1. The lowest BCUT2D eigenvalue weighted by molar-refractivity contribution is -0.182. The molecule has 3 atom stereocenters. The summed E-state index contributed by atoms with van der Waals surface area (Å²) in [5, 5.41) is 0. The number of nitrogens with zero attached hydrogens (tertiary/aromatic N) is 4. The van der Waals surface area contributed by atoms with E-state index in [0.29, 0.717) is 31.1 Å². The van der Waals surface area contributed by atoms with Crippen LogP contribution in [-0.4, -0.2) is 60.2 Å². The number of anilines is 2. The number of hydrogen-bond acceptors (Lipinski definition) is 6. The Kier molecular flexibility index (Phi) is 4.88. The van der Waals surface area contributed by atoms with E-state index >= 15 is 0 Å². The van der Waals surface area contributed by atoms with Crippen LogP contribution in [0, 0.1) is 0 Å². The van der Waals surface area contributed by atoms with Crippen molar-refractivity contribution < 1.29 is 22.6 Å². The van der Waals surface area contributed by atoms with Crippen LogP contribution < -0.4 is 20.1 Å². The molecule has 0 aliphatic carbocycles. The standard InChI is InChI=1S/C22H25F3N4O3/c1-21(22(23,24)25)13-28-19(30)10-18(27-11-17-9-15(27)12-32-17)26-20(28)29(21)8-7-14-3-5-16(31-2)6-4-14/h3-6,10,15,17H,7-9,11-13H2,1-2H3/t15-,17-,21?/m0/s1. The summed E-state index contributed by atoms with van der Waals surface area (Å²) in [5.41, 5.74) is -1.80. The third-order valence-corrected chi connectivity index (χ3v) is 6.87. The molecule has 1 unspecified atom stereocenters. The van der Waals surface area contributed by atoms with Crippen molar-refractivity contribution >= 4 is 11.8 Å². The van der Waals surface area contributed by atoms with Gasteiger partial charge in [0, 0.05) is 19.2 Å². The summed E-state index contributed by atoms with van der Waals surface area (Å²) in [7, 11) is 1.56. The largest absolute Gasteiger partial charge is 0.497 e. The highest BCUT2D eigenvalue weighted by molar-refractivity contribution is 5.51. The average molecular weight is 450 g/mol. The van der Waals surface area contributed by atoms with E-state index in [-0.39, 0.29) is 24.6 Å². The second-order valence-electron chi connectivity index (χ2n) is 8.86. The Morgan fingerprint density at radius 2 is 2.03 bits per heavy atom. The Balaban J connectivity index is 1.49. The molecule has 0 saturated carbocycles. The quantitative estimate of drug-likeness (QED) is 0.698. The zero-order valence-corrected chi connectivity index (χ0v) is 17.9. The Hall–Kier alpha value is -2.75. The van der Waals surface area contributed by atoms with E-state index in [0.717, 1.165) is 23.5 Å². The van der Waals surface area contributed by atoms with Crippen LogP contribution >= 0.6 is 0 Å². The Bertz CT molecular complexity index is 1070. The minimum Gasteiger partial charge on any atom is -0.497 e. The Labute approximate surface area is 183 Å². The predicted octanol–water partition coefficient (Wildman–Crippen LogP) is 2.61. The van der Waals surface area contributed by atoms with Gasteiger partial charge in [-0.3, -0.25) is 9.36 Å². The monoisotopic (exact) mass is 450 g/mol. The third kappa shape index (κ3) is 3.32. The zero-order chi connectivity index (χ0) is 22.7. The Morgan fingerprint density at radius 1 is 1.28 bits per heavy atom. The van der Waals surface area contributed by atoms with Crippen LogP contribution in [0.2, 0.25) is 0 Å². The maximum absolute atomic E-state index is 14.2. The highest BCUT2D eigenvalue weighted by Crippen LogP contribution is 2.43. The molecule has 0 spiro atoms. The minimum absolute atomic E-state index is 0.0736. The van der Waals surface area contributed by atoms with Crippen LogP contribution in [-0.2, 0) is 17.7 Å². The fourth-order valence-corrected chi connectivity index (χ4v) is 4.90. The molecule has 2 fully saturated rings. The van der Waals surface area contributed by atoms with E-state index in [1.165, 1.54) is 11.0 Å². The summed E-state index contributed by atoms with van der Waals surface area (Å²) in [6.07, 6.45) is -3.22. The van der Waals surface area contributed by atoms with Crippen molar-refractivity contribution in [1.29, 1.82) is 0 Å². The van der Waals surface area contributed by atoms with E-state index in [1.807, 2.05) is 17.0 Å². The van der Waals surface area contributed by atoms with Crippen molar-refractivity contribution in [2.24, 2.45) is 0 Å². The van der Waals surface area contributed by atoms with Crippen molar-refractivity contribution in [3.8, 4) is 5.75 Å². The third-order valence-electron chi connectivity index (χ3n) is 6.87. The fraction of sp³-hybridized carbons (Fsp3) is 0.545. The second-order valence-corrected chi connectivity index (χ2v) is 8.86. The highest BCUT2D eigenvalue weighted by atomic mass is 19.4. The Morgan fingerprint density at radius 3 is 2.62 bits per heavy atom. The normalized spacial score (nSPS) is 26.7. The number of morpholine rings is 1. The van der Waals surface area contributed by atoms with Crippen LogP contribution in [0.15, 0.2) is 35.1 Å². The number of aromatic nitrogens is 2. The van der Waals surface area contributed by atoms with E-state index in [4.69, 9.17) is 9.47 Å². The maximum Gasteiger partial charge on any atom is 0.413 e. The molecule has 0 radical (unpaired) electrons. The summed E-state index contributed by atoms with van der Waals surface area (Å²) in [6.45, 7) is 1.89. The number of hydrogen-bond donors (Lipinski definition) is 0. The number of halogens is 3. The molecule has 1 aromatic carbocycles. The summed E-state index contributed by atoms with van der Waals surface area (Å²) < 4.78 is 54.5. The SMILES string of the molecule is COc1ccc(CCN2c3nc(N4C[C@@H]5C[C@H]4CO5)cc(=O)n3CC2(C)C(F)(F)F)cc1. The number of rotatable bonds is 5. The van der Waals surface area contributed by atoms with Crippen molar-refractivity contribution in [3.63, 3.8) is 0 Å². The molecule has 10 heteroatoms. The van der Waals surface area contributed by atoms with Crippen molar-refractivity contribution in [2.75, 3.05) is 36.6 Å². The lowest BCUT2D eigenvalue weighted by Crippen LogP contribution is -2.56. The van der Waals surface area contributed by atoms with Gasteiger partial charge >= 0.3 is 6.18 Å². The van der Waals surface area contributed by atoms with E-state index < -0.39 is 23.8 Å². The van der Waals surface area contributed by atoms with Gasteiger partial charge in [0.05, 0.1) is 32.4 Å². The molecule has 0 amide bonds. The molecule has 32 heavy (non-hydrogen) atoms. The van der Waals surface area contributed by atoms with E-state index in [9.17, 15) is 18.0 Å². The minimum atomic E-state index is -4.53. The van der Waals surface area contributed by atoms with Gasteiger partial charge in [-0.2, -0.15) is 18.2 Å². The maximum atomic E-state index is 14.2. The van der Waals surface area contributed by atoms with Gasteiger partial charge in [0.1, 0.15) is 11.6 Å². The van der Waals surface area contributed by atoms with Crippen molar-refractivity contribution in [2.45, 2.75) is 50.2 Å². The first-order valence-corrected chi connectivity index (χ1v) is 10.7. The van der Waals surface area contributed by atoms with Crippen LogP contribution in [0.4, 0.5) is 24.9 Å². The molecule has 4 heterocycles. The molecule has 5 rings (SSSR count). The molecular formula is C22H25F3N4O3. The van der Waals surface area contributed by atoms with Crippen LogP contribution in [0.1, 0.15) is 18.9 Å². The van der Waals surface area contributed by atoms with E-state index in [2.05, 4.69) is 4.98 Å². The first-order valence-electron chi connectivity index (χ1n) is 10.7. The zero-order valence-electron chi connectivity index (χ0n) is 17.9. The average Bonchev–Trinajstić information content (AvgIpc) is 3.46. The van der Waals surface area contributed by atoms with Gasteiger partial charge in [-0.25, -0.2) is 0 Å². The van der Waals surface area contributed by atoms with Gasteiger partial charge < -0.3 is 19.3 Å². The van der Waals surface area contributed by atoms with Crippen LogP contribution in [0.5, 0.6) is 5.75 Å². The first-order chi connectivity index (χ1) is 15.2. The molecule has 2 aromatic rings. The molecule has 1 aromatic heterocycles. The molecule has 2 bridgehead atoms. The molecule has 0 N–H and O–H groups in total. The summed E-state index contributed by atoms with van der Waals surface area (Å²) in [4.78, 5) is 20.7. The second kappa shape index (κ2) is 7.40. The highest BCUT2D eigenvalue weighted by Gasteiger charge is 2.59. The lowest BCUT2D eigenvalue weighted by Gasteiger charge is -2.37. The summed E-state index contributed by atoms with van der Waals surface area (Å²) in [5.74, 6) is 1.18. The van der Waals surface area contributed by atoms with Crippen LogP contribution in [0.3, 0.4) is 0 Å². The van der Waals surface area contributed by atoms with E-state index in [1.54, 1.807) is 19.2 Å². The number of ether oxygens (including phenoxy) is 2. The number of methoxy groups -OCH3 is 1. The van der Waals surface area contributed by atoms with Gasteiger partial charge in [0.2, 0.25) is 5.95 Å². The molecular weight excluding hydrogens is 425 g/mol. The first kappa shape index (κ1) is 21.1. The summed E-state index contributed by atoms with van der Waals surface area (Å²) >= 11 is 0. The molecule has 3 aliphatic heterocycles. The van der Waals surface area contributed by atoms with Gasteiger partial charge in [-0.05, 0) is 37.5 Å². The molecule has 172 valence electrons. The van der Waals surface area contributed by atoms with Gasteiger partial charge in [-0.1, -0.05) is 12.1 Å². The van der Waals surface area contributed by atoms with Gasteiger partial charge in [0.15, 0.2) is 5.54 Å². The predicted molar refractivity (Wildman–Crippen MR) is 112 cm³/mol. The molecule has 3 aliphatic rings.